The summed E-state index contributed by atoms with van der Waals surface area (Å²) in [5, 5.41) is 4.52. The van der Waals surface area contributed by atoms with Crippen LogP contribution in [-0.2, 0) is 18.5 Å². The minimum Gasteiger partial charge on any atom is -0.294 e. The Labute approximate surface area is 152 Å². The first-order chi connectivity index (χ1) is 12.2. The summed E-state index contributed by atoms with van der Waals surface area (Å²) in [6.45, 7) is 7.76. The van der Waals surface area contributed by atoms with Gasteiger partial charge in [-0.3, -0.25) is 9.69 Å². The molecule has 0 N–H and O–H groups in total. The average molecular weight is 361 g/mol. The lowest BCUT2D eigenvalue weighted by Crippen LogP contribution is -2.37. The minimum absolute atomic E-state index is 0.0816. The van der Waals surface area contributed by atoms with Crippen LogP contribution in [0.1, 0.15) is 44.9 Å². The number of likely N-dealkylation sites (tertiary alicyclic amines) is 1. The van der Waals surface area contributed by atoms with E-state index in [-0.39, 0.29) is 17.0 Å². The lowest BCUT2D eigenvalue weighted by Gasteiger charge is -2.26. The SMILES string of the molecule is CC(C)(C)c1ccc(=O)n(CC2CCCN2Cc2cc(F)ccc2F)n1. The highest BCUT2D eigenvalue weighted by atomic mass is 19.1. The summed E-state index contributed by atoms with van der Waals surface area (Å²) >= 11 is 0. The molecule has 0 radical (unpaired) electrons. The summed E-state index contributed by atoms with van der Waals surface area (Å²) in [5.41, 5.74) is 0.926. The van der Waals surface area contributed by atoms with E-state index in [1.165, 1.54) is 10.7 Å². The number of hydrogen-bond acceptors (Lipinski definition) is 3. The van der Waals surface area contributed by atoms with Crippen LogP contribution in [-0.4, -0.2) is 27.3 Å². The lowest BCUT2D eigenvalue weighted by atomic mass is 9.92. The molecule has 1 aliphatic heterocycles. The quantitative estimate of drug-likeness (QED) is 0.837. The summed E-state index contributed by atoms with van der Waals surface area (Å²) in [6, 6.07) is 6.94. The predicted octanol–water partition coefficient (Wildman–Crippen LogP) is 3.48. The van der Waals surface area contributed by atoms with E-state index in [1.807, 2.05) is 0 Å². The Morgan fingerprint density at radius 1 is 1.19 bits per heavy atom. The van der Waals surface area contributed by atoms with Crippen molar-refractivity contribution in [3.05, 3.63) is 63.6 Å². The molecule has 26 heavy (non-hydrogen) atoms. The molecule has 4 nitrogen and oxygen atoms in total. The highest BCUT2D eigenvalue weighted by Crippen LogP contribution is 2.23. The van der Waals surface area contributed by atoms with Crippen molar-refractivity contribution in [1.29, 1.82) is 0 Å². The summed E-state index contributed by atoms with van der Waals surface area (Å²) < 4.78 is 28.9. The second kappa shape index (κ2) is 7.27. The average Bonchev–Trinajstić information content (AvgIpc) is 2.99. The molecule has 1 atom stereocenters. The molecular formula is C20H25F2N3O. The first-order valence-electron chi connectivity index (χ1n) is 9.00. The number of aromatic nitrogens is 2. The molecule has 1 saturated heterocycles. The molecule has 0 amide bonds. The van der Waals surface area contributed by atoms with E-state index < -0.39 is 11.6 Å². The second-order valence-electron chi connectivity index (χ2n) is 7.99. The zero-order valence-electron chi connectivity index (χ0n) is 15.5. The van der Waals surface area contributed by atoms with Crippen LogP contribution >= 0.6 is 0 Å². The van der Waals surface area contributed by atoms with Crippen molar-refractivity contribution in [3.8, 4) is 0 Å². The van der Waals surface area contributed by atoms with Crippen molar-refractivity contribution in [2.45, 2.75) is 58.2 Å². The fourth-order valence-electron chi connectivity index (χ4n) is 3.37. The van der Waals surface area contributed by atoms with E-state index >= 15 is 0 Å². The van der Waals surface area contributed by atoms with Gasteiger partial charge >= 0.3 is 0 Å². The summed E-state index contributed by atoms with van der Waals surface area (Å²) in [5.74, 6) is -0.838. The first-order valence-corrected chi connectivity index (χ1v) is 9.00. The molecule has 1 unspecified atom stereocenters. The van der Waals surface area contributed by atoms with Gasteiger partial charge in [0, 0.05) is 29.6 Å². The van der Waals surface area contributed by atoms with Crippen LogP contribution in [0.15, 0.2) is 35.1 Å². The normalized spacial score (nSPS) is 18.4. The van der Waals surface area contributed by atoms with Gasteiger partial charge in [0.1, 0.15) is 11.6 Å². The standard InChI is InChI=1S/C20H25F2N3O/c1-20(2,3)18-8-9-19(26)25(23-18)13-16-5-4-10-24(16)12-14-11-15(21)6-7-17(14)22/h6-9,11,16H,4-5,10,12-13H2,1-3H3. The maximum Gasteiger partial charge on any atom is 0.266 e. The molecule has 2 aromatic rings. The number of rotatable bonds is 4. The van der Waals surface area contributed by atoms with Gasteiger partial charge in [-0.1, -0.05) is 20.8 Å². The zero-order chi connectivity index (χ0) is 18.9. The Kier molecular flexibility index (Phi) is 5.23. The van der Waals surface area contributed by atoms with Crippen LogP contribution in [0.25, 0.3) is 0 Å². The fourth-order valence-corrected chi connectivity index (χ4v) is 3.37. The van der Waals surface area contributed by atoms with E-state index in [0.717, 1.165) is 37.2 Å². The predicted molar refractivity (Wildman–Crippen MR) is 97.0 cm³/mol. The van der Waals surface area contributed by atoms with E-state index in [1.54, 1.807) is 12.1 Å². The topological polar surface area (TPSA) is 38.1 Å². The van der Waals surface area contributed by atoms with E-state index in [9.17, 15) is 13.6 Å². The van der Waals surface area contributed by atoms with Gasteiger partial charge in [-0.15, -0.1) is 0 Å². The van der Waals surface area contributed by atoms with Gasteiger partial charge in [-0.2, -0.15) is 5.10 Å². The summed E-state index contributed by atoms with van der Waals surface area (Å²) in [4.78, 5) is 14.3. The van der Waals surface area contributed by atoms with Crippen LogP contribution in [0.4, 0.5) is 8.78 Å². The van der Waals surface area contributed by atoms with Gasteiger partial charge in [-0.05, 0) is 43.7 Å². The van der Waals surface area contributed by atoms with Crippen LogP contribution in [0.3, 0.4) is 0 Å². The van der Waals surface area contributed by atoms with E-state index in [0.29, 0.717) is 18.7 Å². The molecule has 1 aliphatic rings. The summed E-state index contributed by atoms with van der Waals surface area (Å²) in [6.07, 6.45) is 1.88. The molecule has 140 valence electrons. The third-order valence-electron chi connectivity index (χ3n) is 4.90. The Bertz CT molecular complexity index is 842. The molecule has 1 aromatic heterocycles. The van der Waals surface area contributed by atoms with Gasteiger partial charge < -0.3 is 0 Å². The van der Waals surface area contributed by atoms with Crippen molar-refractivity contribution in [2.75, 3.05) is 6.54 Å². The van der Waals surface area contributed by atoms with Crippen molar-refractivity contribution in [3.63, 3.8) is 0 Å². The molecule has 0 aliphatic carbocycles. The Balaban J connectivity index is 1.79. The van der Waals surface area contributed by atoms with Crippen molar-refractivity contribution in [2.24, 2.45) is 0 Å². The molecule has 0 saturated carbocycles. The maximum absolute atomic E-state index is 14.0. The van der Waals surface area contributed by atoms with Crippen LogP contribution in [0.5, 0.6) is 0 Å². The summed E-state index contributed by atoms with van der Waals surface area (Å²) in [7, 11) is 0. The zero-order valence-corrected chi connectivity index (χ0v) is 15.5. The minimum atomic E-state index is -0.437. The second-order valence-corrected chi connectivity index (χ2v) is 7.99. The Hall–Kier alpha value is -2.08. The number of nitrogens with zero attached hydrogens (tertiary/aromatic N) is 3. The highest BCUT2D eigenvalue weighted by Gasteiger charge is 2.27. The van der Waals surface area contributed by atoms with Crippen LogP contribution in [0, 0.1) is 11.6 Å². The monoisotopic (exact) mass is 361 g/mol. The first kappa shape index (κ1) is 18.7. The van der Waals surface area contributed by atoms with Gasteiger partial charge in [-0.25, -0.2) is 13.5 Å². The van der Waals surface area contributed by atoms with Crippen LogP contribution in [0.2, 0.25) is 0 Å². The van der Waals surface area contributed by atoms with Crippen molar-refractivity contribution >= 4 is 0 Å². The lowest BCUT2D eigenvalue weighted by molar-refractivity contribution is 0.213. The third-order valence-corrected chi connectivity index (χ3v) is 4.90. The van der Waals surface area contributed by atoms with Gasteiger partial charge in [0.15, 0.2) is 0 Å². The van der Waals surface area contributed by atoms with Gasteiger partial charge in [0.25, 0.3) is 5.56 Å². The fraction of sp³-hybridized carbons (Fsp3) is 0.500. The molecule has 1 fully saturated rings. The van der Waals surface area contributed by atoms with Crippen LogP contribution < -0.4 is 5.56 Å². The molecular weight excluding hydrogens is 336 g/mol. The number of hydrogen-bond donors (Lipinski definition) is 0. The molecule has 0 spiro atoms. The smallest absolute Gasteiger partial charge is 0.266 e. The third kappa shape index (κ3) is 4.18. The van der Waals surface area contributed by atoms with E-state index in [2.05, 4.69) is 30.8 Å². The number of benzene rings is 1. The van der Waals surface area contributed by atoms with Crippen molar-refractivity contribution < 1.29 is 8.78 Å². The van der Waals surface area contributed by atoms with Gasteiger partial charge in [0.05, 0.1) is 12.2 Å². The van der Waals surface area contributed by atoms with Crippen molar-refractivity contribution in [1.82, 2.24) is 14.7 Å². The largest absolute Gasteiger partial charge is 0.294 e. The molecule has 0 bridgehead atoms. The number of halogens is 2. The molecule has 1 aromatic carbocycles. The molecule has 3 rings (SSSR count). The van der Waals surface area contributed by atoms with E-state index in [4.69, 9.17) is 0 Å². The highest BCUT2D eigenvalue weighted by molar-refractivity contribution is 5.19. The van der Waals surface area contributed by atoms with Gasteiger partial charge in [0.2, 0.25) is 0 Å². The molecule has 6 heteroatoms. The molecule has 2 heterocycles. The maximum atomic E-state index is 14.0. The Morgan fingerprint density at radius 3 is 2.69 bits per heavy atom. The Morgan fingerprint density at radius 2 is 1.96 bits per heavy atom.